The first-order valence-electron chi connectivity index (χ1n) is 11.3. The molecule has 0 aromatic heterocycles. The first-order chi connectivity index (χ1) is 15.3. The number of anilines is 1. The van der Waals surface area contributed by atoms with E-state index in [-0.39, 0.29) is 6.10 Å². The lowest BCUT2D eigenvalue weighted by Gasteiger charge is -2.37. The zero-order valence-electron chi connectivity index (χ0n) is 19.3. The number of hydrogen-bond donors (Lipinski definition) is 2. The van der Waals surface area contributed by atoms with E-state index in [0.29, 0.717) is 22.8 Å². The molecule has 0 spiro atoms. The van der Waals surface area contributed by atoms with E-state index >= 15 is 0 Å². The topological polar surface area (TPSA) is 67.8 Å². The Kier molecular flexibility index (Phi) is 8.44. The molecule has 1 saturated carbocycles. The summed E-state index contributed by atoms with van der Waals surface area (Å²) in [5.74, 6) is 1.36. The minimum Gasteiger partial charge on any atom is -0.497 e. The Hall–Kier alpha value is -2.24. The van der Waals surface area contributed by atoms with E-state index in [1.165, 1.54) is 0 Å². The van der Waals surface area contributed by atoms with Crippen molar-refractivity contribution in [3.63, 3.8) is 0 Å². The number of esters is 1. The van der Waals surface area contributed by atoms with Gasteiger partial charge < -0.3 is 19.9 Å². The number of hydrogen-bond acceptors (Lipinski definition) is 5. The Morgan fingerprint density at radius 1 is 1.09 bits per heavy atom. The molecule has 1 aliphatic carbocycles. The number of methoxy groups -OCH3 is 1. The van der Waals surface area contributed by atoms with E-state index in [0.717, 1.165) is 36.3 Å². The number of aliphatic hydroxyl groups is 1. The first-order valence-corrected chi connectivity index (χ1v) is 11.7. The summed E-state index contributed by atoms with van der Waals surface area (Å²) in [5.41, 5.74) is 1.50. The molecule has 6 heteroatoms. The van der Waals surface area contributed by atoms with Crippen LogP contribution in [0.4, 0.5) is 5.69 Å². The number of halogens is 1. The molecule has 1 aliphatic rings. The van der Waals surface area contributed by atoms with Gasteiger partial charge in [0, 0.05) is 10.7 Å². The fraction of sp³-hybridized carbons (Fsp3) is 0.500. The summed E-state index contributed by atoms with van der Waals surface area (Å²) in [6.07, 6.45) is 1.47. The molecule has 1 fully saturated rings. The van der Waals surface area contributed by atoms with Gasteiger partial charge in [0.05, 0.1) is 13.2 Å². The molecule has 2 aromatic rings. The lowest BCUT2D eigenvalue weighted by molar-refractivity contribution is -0.166. The van der Waals surface area contributed by atoms with Gasteiger partial charge in [-0.3, -0.25) is 0 Å². The number of nitrogens with one attached hydrogen (secondary N) is 1. The highest BCUT2D eigenvalue weighted by Gasteiger charge is 2.37. The van der Waals surface area contributed by atoms with Crippen LogP contribution < -0.4 is 10.1 Å². The SMILES string of the molecule is COc1ccc(N[C@@H](c2ccc(Cl)cc2)[C@@H](O)C(=O)O[C@@H]2C[C@H](C)CC[C@H]2C(C)C)cc1. The van der Waals surface area contributed by atoms with Gasteiger partial charge in [-0.2, -0.15) is 0 Å². The number of aliphatic hydroxyl groups excluding tert-OH is 1. The van der Waals surface area contributed by atoms with Gasteiger partial charge >= 0.3 is 5.97 Å². The fourth-order valence-electron chi connectivity index (χ4n) is 4.49. The molecule has 0 unspecified atom stereocenters. The van der Waals surface area contributed by atoms with Crippen LogP contribution in [0.3, 0.4) is 0 Å². The molecule has 0 radical (unpaired) electrons. The van der Waals surface area contributed by atoms with Crippen molar-refractivity contribution in [3.05, 3.63) is 59.1 Å². The summed E-state index contributed by atoms with van der Waals surface area (Å²) in [5, 5.41) is 15.0. The van der Waals surface area contributed by atoms with Crippen molar-refractivity contribution in [1.82, 2.24) is 0 Å². The van der Waals surface area contributed by atoms with Crippen molar-refractivity contribution >= 4 is 23.3 Å². The zero-order valence-corrected chi connectivity index (χ0v) is 20.0. The standard InChI is InChI=1S/C26H34ClNO4/c1-16(2)22-14-5-17(3)15-23(22)32-26(30)25(29)24(18-6-8-19(27)9-7-18)28-20-10-12-21(31-4)13-11-20/h6-13,16-17,22-25,28-29H,5,14-15H2,1-4H3/t17-,22+,23-,24+,25-/m1/s1. The molecule has 32 heavy (non-hydrogen) atoms. The van der Waals surface area contributed by atoms with E-state index < -0.39 is 18.1 Å². The quantitative estimate of drug-likeness (QED) is 0.483. The summed E-state index contributed by atoms with van der Waals surface area (Å²) in [6.45, 7) is 6.52. The van der Waals surface area contributed by atoms with Crippen LogP contribution in [0.2, 0.25) is 5.02 Å². The Morgan fingerprint density at radius 3 is 2.34 bits per heavy atom. The normalized spacial score (nSPS) is 22.8. The third-order valence-electron chi connectivity index (χ3n) is 6.43. The average molecular weight is 460 g/mol. The van der Waals surface area contributed by atoms with Gasteiger partial charge in [-0.25, -0.2) is 4.79 Å². The summed E-state index contributed by atoms with van der Waals surface area (Å²) >= 11 is 6.05. The predicted octanol–water partition coefficient (Wildman–Crippen LogP) is 5.87. The number of rotatable bonds is 8. The number of carbonyl (C=O) groups excluding carboxylic acids is 1. The summed E-state index contributed by atoms with van der Waals surface area (Å²) < 4.78 is 11.1. The van der Waals surface area contributed by atoms with Crippen molar-refractivity contribution in [2.45, 2.75) is 58.3 Å². The van der Waals surface area contributed by atoms with Gasteiger partial charge in [0.2, 0.25) is 0 Å². The minimum atomic E-state index is -1.37. The van der Waals surface area contributed by atoms with Crippen molar-refractivity contribution in [2.75, 3.05) is 12.4 Å². The van der Waals surface area contributed by atoms with Gasteiger partial charge in [-0.15, -0.1) is 0 Å². The van der Waals surface area contributed by atoms with Crippen LogP contribution in [0.15, 0.2) is 48.5 Å². The Morgan fingerprint density at radius 2 is 1.75 bits per heavy atom. The van der Waals surface area contributed by atoms with E-state index in [2.05, 4.69) is 26.1 Å². The highest BCUT2D eigenvalue weighted by Crippen LogP contribution is 2.36. The van der Waals surface area contributed by atoms with Gasteiger partial charge in [-0.1, -0.05) is 50.9 Å². The highest BCUT2D eigenvalue weighted by atomic mass is 35.5. The van der Waals surface area contributed by atoms with E-state index in [1.807, 2.05) is 24.3 Å². The largest absolute Gasteiger partial charge is 0.497 e. The molecule has 0 amide bonds. The van der Waals surface area contributed by atoms with Crippen LogP contribution in [-0.4, -0.2) is 30.4 Å². The third kappa shape index (κ3) is 6.17. The third-order valence-corrected chi connectivity index (χ3v) is 6.68. The van der Waals surface area contributed by atoms with Crippen LogP contribution in [0, 0.1) is 17.8 Å². The lowest BCUT2D eigenvalue weighted by atomic mass is 9.75. The monoisotopic (exact) mass is 459 g/mol. The molecule has 174 valence electrons. The van der Waals surface area contributed by atoms with Gasteiger partial charge in [-0.05, 0) is 72.6 Å². The second-order valence-electron chi connectivity index (χ2n) is 9.15. The molecule has 0 bridgehead atoms. The Labute approximate surface area is 196 Å². The van der Waals surface area contributed by atoms with E-state index in [4.69, 9.17) is 21.1 Å². The van der Waals surface area contributed by atoms with Crippen molar-refractivity contribution in [1.29, 1.82) is 0 Å². The van der Waals surface area contributed by atoms with Crippen LogP contribution in [-0.2, 0) is 9.53 Å². The lowest BCUT2D eigenvalue weighted by Crippen LogP contribution is -2.41. The molecule has 5 atom stereocenters. The maximum Gasteiger partial charge on any atom is 0.337 e. The molecule has 2 aromatic carbocycles. The predicted molar refractivity (Wildman–Crippen MR) is 128 cm³/mol. The molecule has 5 nitrogen and oxygen atoms in total. The summed E-state index contributed by atoms with van der Waals surface area (Å²) in [4.78, 5) is 13.1. The molecule has 0 aliphatic heterocycles. The summed E-state index contributed by atoms with van der Waals surface area (Å²) in [7, 11) is 1.61. The molecule has 0 heterocycles. The van der Waals surface area contributed by atoms with Crippen molar-refractivity contribution < 1.29 is 19.4 Å². The van der Waals surface area contributed by atoms with E-state index in [9.17, 15) is 9.90 Å². The van der Waals surface area contributed by atoms with Gasteiger partial charge in [0.25, 0.3) is 0 Å². The number of ether oxygens (including phenoxy) is 2. The van der Waals surface area contributed by atoms with Crippen LogP contribution in [0.1, 0.15) is 51.6 Å². The van der Waals surface area contributed by atoms with E-state index in [1.54, 1.807) is 31.4 Å². The van der Waals surface area contributed by atoms with Crippen molar-refractivity contribution in [3.8, 4) is 5.75 Å². The van der Waals surface area contributed by atoms with Crippen LogP contribution in [0.5, 0.6) is 5.75 Å². The van der Waals surface area contributed by atoms with Gasteiger partial charge in [0.1, 0.15) is 11.9 Å². The zero-order chi connectivity index (χ0) is 23.3. The molecular formula is C26H34ClNO4. The molecular weight excluding hydrogens is 426 g/mol. The number of benzene rings is 2. The first kappa shape index (κ1) is 24.4. The van der Waals surface area contributed by atoms with Crippen molar-refractivity contribution in [2.24, 2.45) is 17.8 Å². The maximum atomic E-state index is 13.1. The smallest absolute Gasteiger partial charge is 0.337 e. The molecule has 3 rings (SSSR count). The van der Waals surface area contributed by atoms with Gasteiger partial charge in [0.15, 0.2) is 6.10 Å². The fourth-order valence-corrected chi connectivity index (χ4v) is 4.61. The van der Waals surface area contributed by atoms with Crippen LogP contribution in [0.25, 0.3) is 0 Å². The minimum absolute atomic E-state index is 0.173. The maximum absolute atomic E-state index is 13.1. The second-order valence-corrected chi connectivity index (χ2v) is 9.58. The second kappa shape index (κ2) is 11.1. The molecule has 0 saturated heterocycles. The van der Waals surface area contributed by atoms with Crippen LogP contribution >= 0.6 is 11.6 Å². The molecule has 2 N–H and O–H groups in total. The Balaban J connectivity index is 1.80. The summed E-state index contributed by atoms with van der Waals surface area (Å²) in [6, 6.07) is 13.7. The number of carbonyl (C=O) groups is 1. The average Bonchev–Trinajstić information content (AvgIpc) is 2.78. The Bertz CT molecular complexity index is 868. The highest BCUT2D eigenvalue weighted by molar-refractivity contribution is 6.30.